The first-order chi connectivity index (χ1) is 15.0. The van der Waals surface area contributed by atoms with Crippen LogP contribution in [0.2, 0.25) is 0 Å². The van der Waals surface area contributed by atoms with Gasteiger partial charge in [-0.2, -0.15) is 0 Å². The number of hydrogen-bond acceptors (Lipinski definition) is 4. The van der Waals surface area contributed by atoms with Crippen molar-refractivity contribution in [2.75, 3.05) is 16.8 Å². The molecule has 4 rings (SSSR count). The van der Waals surface area contributed by atoms with Gasteiger partial charge >= 0.3 is 0 Å². The first-order valence-electron chi connectivity index (χ1n) is 10.1. The summed E-state index contributed by atoms with van der Waals surface area (Å²) in [5, 5.41) is 5.61. The van der Waals surface area contributed by atoms with Crippen LogP contribution < -0.4 is 15.5 Å². The third kappa shape index (κ3) is 4.66. The number of rotatable bonds is 6. The van der Waals surface area contributed by atoms with Gasteiger partial charge in [0, 0.05) is 18.7 Å². The van der Waals surface area contributed by atoms with Crippen LogP contribution >= 0.6 is 0 Å². The summed E-state index contributed by atoms with van der Waals surface area (Å²) in [5.41, 5.74) is 2.60. The van der Waals surface area contributed by atoms with Crippen LogP contribution in [0.5, 0.6) is 0 Å². The Bertz CT molecular complexity index is 1110. The zero-order chi connectivity index (χ0) is 21.8. The largest absolute Gasteiger partial charge is 0.467 e. The number of benzene rings is 2. The molecule has 3 aromatic rings. The summed E-state index contributed by atoms with van der Waals surface area (Å²) < 4.78 is 5.22. The van der Waals surface area contributed by atoms with Crippen LogP contribution in [0.25, 0.3) is 0 Å². The summed E-state index contributed by atoms with van der Waals surface area (Å²) in [5.74, 6) is -0.552. The monoisotopic (exact) mass is 417 g/mol. The molecule has 31 heavy (non-hydrogen) atoms. The predicted molar refractivity (Wildman–Crippen MR) is 117 cm³/mol. The number of anilines is 2. The van der Waals surface area contributed by atoms with Crippen molar-refractivity contribution in [1.29, 1.82) is 0 Å². The molecule has 158 valence electrons. The van der Waals surface area contributed by atoms with Crippen molar-refractivity contribution in [3.05, 3.63) is 83.8 Å². The molecule has 1 aromatic heterocycles. The van der Waals surface area contributed by atoms with Crippen molar-refractivity contribution in [3.8, 4) is 0 Å². The Hall–Kier alpha value is -3.87. The van der Waals surface area contributed by atoms with Crippen LogP contribution in [0.1, 0.15) is 28.1 Å². The average molecular weight is 417 g/mol. The van der Waals surface area contributed by atoms with Crippen molar-refractivity contribution in [2.45, 2.75) is 19.9 Å². The molecule has 0 bridgehead atoms. The highest BCUT2D eigenvalue weighted by atomic mass is 16.3. The maximum atomic E-state index is 12.9. The molecule has 1 fully saturated rings. The Morgan fingerprint density at radius 1 is 1.10 bits per heavy atom. The molecule has 1 atom stereocenters. The van der Waals surface area contributed by atoms with E-state index in [1.807, 2.05) is 31.2 Å². The highest BCUT2D eigenvalue weighted by Gasteiger charge is 2.35. The standard InChI is InChI=1S/C24H23N3O4/c1-16-6-4-7-18(12-16)27-15-17(13-22(27)28)23(29)26-21-10-3-2-9-20(21)24(30)25-14-19-8-5-11-31-19/h2-12,17H,13-15H2,1H3,(H,25,30)(H,26,29)/t17-/m0/s1. The minimum atomic E-state index is -0.493. The molecule has 1 aliphatic heterocycles. The molecular weight excluding hydrogens is 394 g/mol. The van der Waals surface area contributed by atoms with E-state index in [1.165, 1.54) is 0 Å². The quantitative estimate of drug-likeness (QED) is 0.642. The number of carbonyl (C=O) groups is 3. The maximum absolute atomic E-state index is 12.9. The topological polar surface area (TPSA) is 91.7 Å². The normalized spacial score (nSPS) is 15.7. The van der Waals surface area contributed by atoms with E-state index in [0.29, 0.717) is 23.6 Å². The molecule has 0 radical (unpaired) electrons. The van der Waals surface area contributed by atoms with E-state index < -0.39 is 5.92 Å². The molecular formula is C24H23N3O4. The Kier molecular flexibility index (Phi) is 5.84. The van der Waals surface area contributed by atoms with Gasteiger partial charge in [0.25, 0.3) is 5.91 Å². The number of amides is 3. The first-order valence-corrected chi connectivity index (χ1v) is 10.1. The van der Waals surface area contributed by atoms with Crippen molar-refractivity contribution in [3.63, 3.8) is 0 Å². The highest BCUT2D eigenvalue weighted by Crippen LogP contribution is 2.27. The Morgan fingerprint density at radius 3 is 2.71 bits per heavy atom. The zero-order valence-corrected chi connectivity index (χ0v) is 17.1. The fourth-order valence-corrected chi connectivity index (χ4v) is 3.63. The van der Waals surface area contributed by atoms with Crippen molar-refractivity contribution < 1.29 is 18.8 Å². The molecule has 3 amide bonds. The number of hydrogen-bond donors (Lipinski definition) is 2. The van der Waals surface area contributed by atoms with E-state index in [2.05, 4.69) is 10.6 Å². The molecule has 0 spiro atoms. The molecule has 7 nitrogen and oxygen atoms in total. The molecule has 1 aliphatic rings. The second kappa shape index (κ2) is 8.87. The zero-order valence-electron chi connectivity index (χ0n) is 17.1. The Labute approximate surface area is 180 Å². The van der Waals surface area contributed by atoms with Gasteiger partial charge in [-0.25, -0.2) is 0 Å². The minimum absolute atomic E-state index is 0.0878. The molecule has 1 saturated heterocycles. The average Bonchev–Trinajstić information content (AvgIpc) is 3.42. The van der Waals surface area contributed by atoms with Crippen molar-refractivity contribution >= 4 is 29.1 Å². The third-order valence-electron chi connectivity index (χ3n) is 5.24. The number of carbonyl (C=O) groups excluding carboxylic acids is 3. The molecule has 0 saturated carbocycles. The number of furan rings is 1. The fraction of sp³-hybridized carbons (Fsp3) is 0.208. The SMILES string of the molecule is Cc1cccc(N2C[C@@H](C(=O)Nc3ccccc3C(=O)NCc3ccco3)CC2=O)c1. The minimum Gasteiger partial charge on any atom is -0.467 e. The highest BCUT2D eigenvalue weighted by molar-refractivity contribution is 6.07. The van der Waals surface area contributed by atoms with Gasteiger partial charge in [0.15, 0.2) is 0 Å². The van der Waals surface area contributed by atoms with Crippen LogP contribution in [0.15, 0.2) is 71.3 Å². The fourth-order valence-electron chi connectivity index (χ4n) is 3.63. The van der Waals surface area contributed by atoms with Crippen LogP contribution in [0.4, 0.5) is 11.4 Å². The molecule has 2 aromatic carbocycles. The first kappa shape index (κ1) is 20.4. The van der Waals surface area contributed by atoms with Gasteiger partial charge in [0.2, 0.25) is 11.8 Å². The molecule has 0 unspecified atom stereocenters. The van der Waals surface area contributed by atoms with Crippen LogP contribution in [-0.4, -0.2) is 24.3 Å². The summed E-state index contributed by atoms with van der Waals surface area (Å²) in [6.45, 7) is 2.51. The lowest BCUT2D eigenvalue weighted by atomic mass is 10.1. The Balaban J connectivity index is 1.43. The molecule has 7 heteroatoms. The summed E-state index contributed by atoms with van der Waals surface area (Å²) >= 11 is 0. The third-order valence-corrected chi connectivity index (χ3v) is 5.24. The van der Waals surface area contributed by atoms with Gasteiger partial charge < -0.3 is 20.0 Å². The lowest BCUT2D eigenvalue weighted by Gasteiger charge is -2.17. The van der Waals surface area contributed by atoms with Crippen LogP contribution in [0, 0.1) is 12.8 Å². The lowest BCUT2D eigenvalue weighted by molar-refractivity contribution is -0.122. The number of aryl methyl sites for hydroxylation is 1. The van der Waals surface area contributed by atoms with Gasteiger partial charge in [-0.05, 0) is 48.9 Å². The van der Waals surface area contributed by atoms with Crippen molar-refractivity contribution in [1.82, 2.24) is 5.32 Å². The van der Waals surface area contributed by atoms with Gasteiger partial charge in [-0.3, -0.25) is 14.4 Å². The number of para-hydroxylation sites is 1. The molecule has 0 aliphatic carbocycles. The molecule has 2 N–H and O–H groups in total. The van der Waals surface area contributed by atoms with E-state index in [0.717, 1.165) is 11.3 Å². The van der Waals surface area contributed by atoms with Gasteiger partial charge in [-0.1, -0.05) is 24.3 Å². The van der Waals surface area contributed by atoms with E-state index >= 15 is 0 Å². The summed E-state index contributed by atoms with van der Waals surface area (Å²) in [7, 11) is 0. The maximum Gasteiger partial charge on any atom is 0.253 e. The van der Waals surface area contributed by atoms with Gasteiger partial charge in [-0.15, -0.1) is 0 Å². The summed E-state index contributed by atoms with van der Waals surface area (Å²) in [6, 6.07) is 18.0. The second-order valence-corrected chi connectivity index (χ2v) is 7.54. The van der Waals surface area contributed by atoms with Crippen LogP contribution in [-0.2, 0) is 16.1 Å². The number of nitrogens with zero attached hydrogens (tertiary/aromatic N) is 1. The van der Waals surface area contributed by atoms with E-state index in [9.17, 15) is 14.4 Å². The van der Waals surface area contributed by atoms with E-state index in [-0.39, 0.29) is 30.7 Å². The summed E-state index contributed by atoms with van der Waals surface area (Å²) in [6.07, 6.45) is 1.67. The van der Waals surface area contributed by atoms with Crippen molar-refractivity contribution in [2.24, 2.45) is 5.92 Å². The number of nitrogens with one attached hydrogen (secondary N) is 2. The lowest BCUT2D eigenvalue weighted by Crippen LogP contribution is -2.29. The van der Waals surface area contributed by atoms with E-state index in [4.69, 9.17) is 4.42 Å². The van der Waals surface area contributed by atoms with Gasteiger partial charge in [0.1, 0.15) is 5.76 Å². The van der Waals surface area contributed by atoms with Gasteiger partial charge in [0.05, 0.1) is 30.0 Å². The van der Waals surface area contributed by atoms with E-state index in [1.54, 1.807) is 47.6 Å². The van der Waals surface area contributed by atoms with Crippen LogP contribution in [0.3, 0.4) is 0 Å². The molecule has 2 heterocycles. The summed E-state index contributed by atoms with van der Waals surface area (Å²) in [4.78, 5) is 39.6. The Morgan fingerprint density at radius 2 is 1.94 bits per heavy atom. The predicted octanol–water partition coefficient (Wildman–Crippen LogP) is 3.51. The smallest absolute Gasteiger partial charge is 0.253 e. The second-order valence-electron chi connectivity index (χ2n) is 7.54.